The molecule has 5 atom stereocenters. The molecule has 66 heavy (non-hydrogen) atoms. The van der Waals surface area contributed by atoms with Crippen LogP contribution in [-0.2, 0) is 43.5 Å². The summed E-state index contributed by atoms with van der Waals surface area (Å²) in [6, 6.07) is 1.44. The number of hydrogen-bond donors (Lipinski definition) is 6. The van der Waals surface area contributed by atoms with Gasteiger partial charge in [-0.25, -0.2) is 17.9 Å². The highest BCUT2D eigenvalue weighted by molar-refractivity contribution is 7.90. The Hall–Kier alpha value is -5.04. The van der Waals surface area contributed by atoms with E-state index in [1.54, 1.807) is 41.7 Å². The summed E-state index contributed by atoms with van der Waals surface area (Å²) in [5.74, 6) is -4.55. The largest absolute Gasteiger partial charge is 0.460 e. The van der Waals surface area contributed by atoms with Gasteiger partial charge in [-0.15, -0.1) is 0 Å². The molecule has 1 aliphatic rings. The van der Waals surface area contributed by atoms with Crippen molar-refractivity contribution >= 4 is 57.2 Å². The molecule has 19 heteroatoms. The number of anilines is 1. The number of likely N-dealkylation sites (tertiary alicyclic amines) is 1. The lowest BCUT2D eigenvalue weighted by molar-refractivity contribution is -0.158. The van der Waals surface area contributed by atoms with Crippen molar-refractivity contribution in [2.75, 3.05) is 25.5 Å². The quantitative estimate of drug-likeness (QED) is 0.0565. The molecule has 1 heterocycles. The molecule has 7 amide bonds. The highest BCUT2D eigenvalue weighted by Crippen LogP contribution is 2.27. The second-order valence-electron chi connectivity index (χ2n) is 20.3. The fourth-order valence-corrected chi connectivity index (χ4v) is 8.66. The van der Waals surface area contributed by atoms with Crippen LogP contribution in [0.4, 0.5) is 10.5 Å². The number of likely N-dealkylation sites (N-methyl/N-ethyl adjacent to an activating group) is 1. The molecule has 1 saturated heterocycles. The minimum atomic E-state index is -4.43. The number of carbonyl (C=O) groups is 7. The fourth-order valence-electron chi connectivity index (χ4n) is 7.64. The standard InChI is InChI=1S/C47H78N8O10S/c1-28(2)34(27-38(56)65-47(11,12)13)41(58)51-35(18-17-24-49-45(48)62)42(59)50-32-20-22-33(23-21-32)66(63,64)53-40(57)31(7)26-37(29(3)4)54(14)44(61)39(46(8,9)10)52-43(60)36-19-15-16-25-55(36)30(5)6/h20-23,26,28-30,34-37,39H,15-19,24-25,27H2,1-14H3,(H,50,59)(H,51,58)(H,52,60)(H,53,57)(H3,48,49,62)/b31-26+/t34-,35-,36+,37+,39+/m0/s1. The zero-order valence-electron chi connectivity index (χ0n) is 41.6. The van der Waals surface area contributed by atoms with E-state index >= 15 is 0 Å². The maximum Gasteiger partial charge on any atom is 0.312 e. The van der Waals surface area contributed by atoms with Gasteiger partial charge in [0.2, 0.25) is 23.6 Å². The van der Waals surface area contributed by atoms with Gasteiger partial charge in [-0.3, -0.25) is 33.7 Å². The van der Waals surface area contributed by atoms with Crippen molar-refractivity contribution in [2.24, 2.45) is 28.9 Å². The Labute approximate surface area is 392 Å². The van der Waals surface area contributed by atoms with Crippen molar-refractivity contribution in [1.29, 1.82) is 0 Å². The normalized spacial score (nSPS) is 17.0. The van der Waals surface area contributed by atoms with Crippen molar-refractivity contribution < 1.29 is 46.7 Å². The third kappa shape index (κ3) is 18.0. The molecule has 1 aromatic carbocycles. The van der Waals surface area contributed by atoms with Crippen molar-refractivity contribution in [3.05, 3.63) is 35.9 Å². The summed E-state index contributed by atoms with van der Waals surface area (Å²) in [7, 11) is -2.83. The molecule has 1 aliphatic heterocycles. The van der Waals surface area contributed by atoms with Crippen molar-refractivity contribution in [2.45, 2.75) is 169 Å². The molecule has 7 N–H and O–H groups in total. The summed E-state index contributed by atoms with van der Waals surface area (Å²) in [6.45, 7) is 24.5. The number of hydrogen-bond acceptors (Lipinski definition) is 11. The number of nitrogens with one attached hydrogen (secondary N) is 5. The van der Waals surface area contributed by atoms with Gasteiger partial charge in [0.05, 0.1) is 29.3 Å². The number of carbonyl (C=O) groups excluding carboxylic acids is 7. The Bertz CT molecular complexity index is 2010. The van der Waals surface area contributed by atoms with Crippen LogP contribution in [0.1, 0.15) is 129 Å². The van der Waals surface area contributed by atoms with Crippen LogP contribution in [-0.4, -0.2) is 116 Å². The number of nitrogens with zero attached hydrogens (tertiary/aromatic N) is 2. The fraction of sp³-hybridized carbons (Fsp3) is 0.681. The second kappa shape index (κ2) is 24.6. The van der Waals surface area contributed by atoms with E-state index in [9.17, 15) is 42.0 Å². The lowest BCUT2D eigenvalue weighted by atomic mass is 9.84. The third-order valence-corrected chi connectivity index (χ3v) is 12.7. The Morgan fingerprint density at radius 2 is 1.50 bits per heavy atom. The number of benzene rings is 1. The van der Waals surface area contributed by atoms with Crippen molar-refractivity contribution in [1.82, 2.24) is 30.5 Å². The van der Waals surface area contributed by atoms with Crippen LogP contribution in [0.2, 0.25) is 0 Å². The lowest BCUT2D eigenvalue weighted by Crippen LogP contribution is -2.60. The first-order chi connectivity index (χ1) is 30.4. The van der Waals surface area contributed by atoms with Gasteiger partial charge in [0.25, 0.3) is 15.9 Å². The van der Waals surface area contributed by atoms with Crippen LogP contribution < -0.4 is 31.7 Å². The van der Waals surface area contributed by atoms with E-state index < -0.39 is 74.8 Å². The summed E-state index contributed by atoms with van der Waals surface area (Å²) in [5, 5.41) is 10.9. The third-order valence-electron chi connectivity index (χ3n) is 11.4. The Morgan fingerprint density at radius 1 is 0.894 bits per heavy atom. The monoisotopic (exact) mass is 947 g/mol. The van der Waals surface area contributed by atoms with Gasteiger partial charge in [0.15, 0.2) is 0 Å². The molecule has 0 bridgehead atoms. The average Bonchev–Trinajstić information content (AvgIpc) is 3.19. The van der Waals surface area contributed by atoms with Gasteiger partial charge in [-0.05, 0) is 115 Å². The lowest BCUT2D eigenvalue weighted by Gasteiger charge is -2.41. The minimum Gasteiger partial charge on any atom is -0.460 e. The number of piperidine rings is 1. The molecular weight excluding hydrogens is 869 g/mol. The highest BCUT2D eigenvalue weighted by atomic mass is 32.2. The first-order valence-corrected chi connectivity index (χ1v) is 24.4. The molecule has 1 fully saturated rings. The van der Waals surface area contributed by atoms with Gasteiger partial charge < -0.3 is 36.6 Å². The number of urea groups is 1. The van der Waals surface area contributed by atoms with E-state index in [1.807, 2.05) is 34.6 Å². The number of rotatable bonds is 21. The number of amides is 7. The summed E-state index contributed by atoms with van der Waals surface area (Å²) in [4.78, 5) is 95.6. The van der Waals surface area contributed by atoms with Crippen LogP contribution >= 0.6 is 0 Å². The Balaban J connectivity index is 2.25. The van der Waals surface area contributed by atoms with Gasteiger partial charge in [0, 0.05) is 30.9 Å². The van der Waals surface area contributed by atoms with E-state index in [1.165, 1.54) is 42.2 Å². The smallest absolute Gasteiger partial charge is 0.312 e. The molecule has 0 aliphatic carbocycles. The first-order valence-electron chi connectivity index (χ1n) is 22.9. The molecule has 0 radical (unpaired) electrons. The summed E-state index contributed by atoms with van der Waals surface area (Å²) < 4.78 is 34.4. The summed E-state index contributed by atoms with van der Waals surface area (Å²) in [6.07, 6.45) is 4.27. The van der Waals surface area contributed by atoms with Crippen molar-refractivity contribution in [3.63, 3.8) is 0 Å². The zero-order valence-corrected chi connectivity index (χ0v) is 42.4. The van der Waals surface area contributed by atoms with Crippen LogP contribution in [0.25, 0.3) is 0 Å². The Kier molecular flexibility index (Phi) is 21.3. The predicted molar refractivity (Wildman–Crippen MR) is 254 cm³/mol. The van der Waals surface area contributed by atoms with E-state index in [-0.39, 0.29) is 77.7 Å². The van der Waals surface area contributed by atoms with Gasteiger partial charge >= 0.3 is 12.0 Å². The number of esters is 1. The molecule has 0 spiro atoms. The number of nitrogens with two attached hydrogens (primary N) is 1. The molecule has 18 nitrogen and oxygen atoms in total. The van der Waals surface area contributed by atoms with Crippen LogP contribution in [0.5, 0.6) is 0 Å². The summed E-state index contributed by atoms with van der Waals surface area (Å²) >= 11 is 0. The molecule has 1 aromatic rings. The number of primary amides is 1. The van der Waals surface area contributed by atoms with Gasteiger partial charge in [-0.1, -0.05) is 61.0 Å². The summed E-state index contributed by atoms with van der Waals surface area (Å²) in [5.41, 5.74) is 3.97. The second-order valence-corrected chi connectivity index (χ2v) is 22.0. The molecule has 0 saturated carbocycles. The van der Waals surface area contributed by atoms with Crippen LogP contribution in [0.3, 0.4) is 0 Å². The van der Waals surface area contributed by atoms with E-state index in [4.69, 9.17) is 10.5 Å². The maximum atomic E-state index is 14.2. The SMILES string of the molecule is C/C(=C\[C@H](C(C)C)N(C)C(=O)[C@@H](NC(=O)[C@H]1CCCCN1C(C)C)C(C)(C)C)C(=O)NS(=O)(=O)c1ccc(NC(=O)[C@H](CCCNC(N)=O)NC(=O)[C@@H](CC(=O)OC(C)(C)C)C(C)C)cc1. The molecule has 0 unspecified atom stereocenters. The predicted octanol–water partition coefficient (Wildman–Crippen LogP) is 4.59. The molecule has 372 valence electrons. The van der Waals surface area contributed by atoms with Gasteiger partial charge in [-0.2, -0.15) is 0 Å². The Morgan fingerprint density at radius 3 is 2.02 bits per heavy atom. The topological polar surface area (TPSA) is 256 Å². The van der Waals surface area contributed by atoms with Gasteiger partial charge in [0.1, 0.15) is 17.7 Å². The number of ether oxygens (including phenoxy) is 1. The first kappa shape index (κ1) is 57.1. The number of sulfonamides is 1. The maximum absolute atomic E-state index is 14.2. The van der Waals surface area contributed by atoms with E-state index in [0.717, 1.165) is 19.4 Å². The minimum absolute atomic E-state index is 0.0388. The molecular formula is C47H78N8O10S. The van der Waals surface area contributed by atoms with Crippen LogP contribution in [0, 0.1) is 23.2 Å². The molecule has 2 rings (SSSR count). The van der Waals surface area contributed by atoms with Crippen molar-refractivity contribution in [3.8, 4) is 0 Å². The molecule has 0 aromatic heterocycles. The van der Waals surface area contributed by atoms with E-state index in [2.05, 4.69) is 44.7 Å². The zero-order chi connectivity index (χ0) is 50.5. The average molecular weight is 947 g/mol. The highest BCUT2D eigenvalue weighted by Gasteiger charge is 2.40. The van der Waals surface area contributed by atoms with Crippen LogP contribution in [0.15, 0.2) is 40.8 Å². The van der Waals surface area contributed by atoms with E-state index in [0.29, 0.717) is 6.42 Å².